The lowest BCUT2D eigenvalue weighted by Crippen LogP contribution is -2.33. The Morgan fingerprint density at radius 2 is 1.60 bits per heavy atom. The van der Waals surface area contributed by atoms with Crippen LogP contribution in [0.15, 0.2) is 65.6 Å². The molecule has 0 N–H and O–H groups in total. The molecule has 3 rings (SSSR count). The van der Waals surface area contributed by atoms with Gasteiger partial charge in [0.15, 0.2) is 0 Å². The topological polar surface area (TPSA) is 37.4 Å². The van der Waals surface area contributed by atoms with Crippen molar-refractivity contribution in [3.63, 3.8) is 0 Å². The first kappa shape index (κ1) is 13.4. The largest absolute Gasteiger partial charge is 0.264 e. The van der Waals surface area contributed by atoms with Gasteiger partial charge in [-0.25, -0.2) is 8.42 Å². The maximum absolute atomic E-state index is 12.7. The fourth-order valence-electron chi connectivity index (χ4n) is 2.21. The lowest BCUT2D eigenvalue weighted by molar-refractivity contribution is 0.592. The molecule has 2 aromatic carbocycles. The Labute approximate surface area is 126 Å². The van der Waals surface area contributed by atoms with Gasteiger partial charge in [0.05, 0.1) is 17.1 Å². The van der Waals surface area contributed by atoms with E-state index in [1.807, 2.05) is 30.3 Å². The van der Waals surface area contributed by atoms with Crippen molar-refractivity contribution in [2.75, 3.05) is 10.8 Å². The Bertz CT molecular complexity index is 769. The molecule has 0 saturated carbocycles. The molecule has 1 aliphatic rings. The van der Waals surface area contributed by atoms with Gasteiger partial charge < -0.3 is 0 Å². The summed E-state index contributed by atoms with van der Waals surface area (Å²) < 4.78 is 27.8. The normalized spacial score (nSPS) is 14.7. The van der Waals surface area contributed by atoms with Gasteiger partial charge in [0, 0.05) is 10.0 Å². The molecule has 20 heavy (non-hydrogen) atoms. The minimum absolute atomic E-state index is 0.307. The van der Waals surface area contributed by atoms with Crippen molar-refractivity contribution in [1.82, 2.24) is 0 Å². The van der Waals surface area contributed by atoms with Crippen molar-refractivity contribution in [2.45, 2.75) is 4.90 Å². The number of halogens is 1. The number of rotatable bonds is 2. The Morgan fingerprint density at radius 1 is 0.950 bits per heavy atom. The third-order valence-electron chi connectivity index (χ3n) is 3.20. The van der Waals surface area contributed by atoms with Crippen LogP contribution in [0.25, 0.3) is 4.48 Å². The van der Waals surface area contributed by atoms with Gasteiger partial charge in [-0.1, -0.05) is 52.3 Å². The maximum Gasteiger partial charge on any atom is 0.264 e. The molecular weight excluding hydrogens is 338 g/mol. The summed E-state index contributed by atoms with van der Waals surface area (Å²) in [5.41, 5.74) is 1.59. The van der Waals surface area contributed by atoms with E-state index in [1.54, 1.807) is 30.3 Å². The molecule has 0 atom stereocenters. The minimum atomic E-state index is -3.53. The molecular formula is C15H12BrNO2S. The molecule has 0 fully saturated rings. The van der Waals surface area contributed by atoms with E-state index in [4.69, 9.17) is 0 Å². The van der Waals surface area contributed by atoms with Crippen molar-refractivity contribution in [1.29, 1.82) is 0 Å². The molecule has 3 nitrogen and oxygen atoms in total. The SMILES string of the molecule is O=S(=O)(c1ccccc1)N1CC=C(Br)c2ccccc21. The molecule has 0 aliphatic carbocycles. The van der Waals surface area contributed by atoms with Crippen LogP contribution in [0, 0.1) is 0 Å². The lowest BCUT2D eigenvalue weighted by Gasteiger charge is -2.28. The van der Waals surface area contributed by atoms with E-state index in [0.717, 1.165) is 10.0 Å². The first-order valence-electron chi connectivity index (χ1n) is 6.13. The highest BCUT2D eigenvalue weighted by Crippen LogP contribution is 2.37. The highest BCUT2D eigenvalue weighted by atomic mass is 79.9. The quantitative estimate of drug-likeness (QED) is 0.830. The fourth-order valence-corrected chi connectivity index (χ4v) is 4.14. The van der Waals surface area contributed by atoms with Crippen LogP contribution in [0.4, 0.5) is 5.69 Å². The summed E-state index contributed by atoms with van der Waals surface area (Å²) in [7, 11) is -3.53. The Hall–Kier alpha value is -1.59. The van der Waals surface area contributed by atoms with E-state index < -0.39 is 10.0 Å². The van der Waals surface area contributed by atoms with Crippen LogP contribution in [0.1, 0.15) is 5.56 Å². The summed E-state index contributed by atoms with van der Waals surface area (Å²) in [6.07, 6.45) is 1.86. The van der Waals surface area contributed by atoms with Gasteiger partial charge in [0.25, 0.3) is 10.0 Å². The Balaban J connectivity index is 2.13. The number of anilines is 1. The van der Waals surface area contributed by atoms with Crippen molar-refractivity contribution in [3.05, 3.63) is 66.2 Å². The minimum Gasteiger partial charge on any atom is -0.262 e. The van der Waals surface area contributed by atoms with Crippen molar-refractivity contribution in [2.24, 2.45) is 0 Å². The molecule has 0 aromatic heterocycles. The van der Waals surface area contributed by atoms with Gasteiger partial charge >= 0.3 is 0 Å². The number of nitrogens with zero attached hydrogens (tertiary/aromatic N) is 1. The predicted octanol–water partition coefficient (Wildman–Crippen LogP) is 3.63. The zero-order valence-corrected chi connectivity index (χ0v) is 12.9. The molecule has 102 valence electrons. The molecule has 0 spiro atoms. The average Bonchev–Trinajstić information content (AvgIpc) is 2.48. The number of para-hydroxylation sites is 1. The van der Waals surface area contributed by atoms with E-state index in [2.05, 4.69) is 15.9 Å². The van der Waals surface area contributed by atoms with E-state index in [9.17, 15) is 8.42 Å². The highest BCUT2D eigenvalue weighted by molar-refractivity contribution is 9.15. The summed E-state index contributed by atoms with van der Waals surface area (Å²) in [6, 6.07) is 16.0. The van der Waals surface area contributed by atoms with E-state index in [-0.39, 0.29) is 0 Å². The van der Waals surface area contributed by atoms with Crippen LogP contribution in [-0.2, 0) is 10.0 Å². The van der Waals surface area contributed by atoms with Crippen molar-refractivity contribution < 1.29 is 8.42 Å². The van der Waals surface area contributed by atoms with Gasteiger partial charge in [0.2, 0.25) is 0 Å². The first-order valence-corrected chi connectivity index (χ1v) is 8.37. The Morgan fingerprint density at radius 3 is 2.35 bits per heavy atom. The van der Waals surface area contributed by atoms with E-state index >= 15 is 0 Å². The smallest absolute Gasteiger partial charge is 0.262 e. The zero-order valence-electron chi connectivity index (χ0n) is 10.5. The molecule has 0 amide bonds. The van der Waals surface area contributed by atoms with Crippen LogP contribution in [0.5, 0.6) is 0 Å². The monoisotopic (exact) mass is 349 g/mol. The second kappa shape index (κ2) is 5.07. The van der Waals surface area contributed by atoms with Gasteiger partial charge in [-0.3, -0.25) is 4.31 Å². The lowest BCUT2D eigenvalue weighted by atomic mass is 10.1. The third-order valence-corrected chi connectivity index (χ3v) is 5.74. The zero-order chi connectivity index (χ0) is 14.2. The number of fused-ring (bicyclic) bond motifs is 1. The van der Waals surface area contributed by atoms with Crippen LogP contribution >= 0.6 is 15.9 Å². The van der Waals surface area contributed by atoms with Crippen LogP contribution in [-0.4, -0.2) is 15.0 Å². The highest BCUT2D eigenvalue weighted by Gasteiger charge is 2.28. The predicted molar refractivity (Wildman–Crippen MR) is 84.3 cm³/mol. The van der Waals surface area contributed by atoms with E-state index in [0.29, 0.717) is 17.1 Å². The molecule has 1 heterocycles. The van der Waals surface area contributed by atoms with Crippen molar-refractivity contribution in [3.8, 4) is 0 Å². The van der Waals surface area contributed by atoms with Crippen LogP contribution in [0.2, 0.25) is 0 Å². The maximum atomic E-state index is 12.7. The van der Waals surface area contributed by atoms with E-state index in [1.165, 1.54) is 4.31 Å². The molecule has 0 saturated heterocycles. The molecule has 0 unspecified atom stereocenters. The number of sulfonamides is 1. The van der Waals surface area contributed by atoms with Gasteiger partial charge in [-0.05, 0) is 24.3 Å². The number of hydrogen-bond acceptors (Lipinski definition) is 2. The number of hydrogen-bond donors (Lipinski definition) is 0. The second-order valence-electron chi connectivity index (χ2n) is 4.42. The Kier molecular flexibility index (Phi) is 3.40. The first-order chi connectivity index (χ1) is 9.60. The molecule has 1 aliphatic heterocycles. The molecule has 0 bridgehead atoms. The summed E-state index contributed by atoms with van der Waals surface area (Å²) in [5.74, 6) is 0. The molecule has 0 radical (unpaired) electrons. The number of benzene rings is 2. The molecule has 5 heteroatoms. The summed E-state index contributed by atoms with van der Waals surface area (Å²) in [5, 5.41) is 0. The summed E-state index contributed by atoms with van der Waals surface area (Å²) in [4.78, 5) is 0.307. The second-order valence-corrected chi connectivity index (χ2v) is 7.14. The van der Waals surface area contributed by atoms with Gasteiger partial charge in [-0.15, -0.1) is 0 Å². The fraction of sp³-hybridized carbons (Fsp3) is 0.0667. The summed E-state index contributed by atoms with van der Waals surface area (Å²) >= 11 is 3.48. The van der Waals surface area contributed by atoms with Crippen LogP contribution < -0.4 is 4.31 Å². The standard InChI is InChI=1S/C15H12BrNO2S/c16-14-10-11-17(15-9-5-4-8-13(14)15)20(18,19)12-6-2-1-3-7-12/h1-10H,11H2. The van der Waals surface area contributed by atoms with Gasteiger partial charge in [-0.2, -0.15) is 0 Å². The van der Waals surface area contributed by atoms with Crippen molar-refractivity contribution >= 4 is 36.1 Å². The van der Waals surface area contributed by atoms with Crippen LogP contribution in [0.3, 0.4) is 0 Å². The average molecular weight is 350 g/mol. The molecule has 2 aromatic rings. The van der Waals surface area contributed by atoms with Gasteiger partial charge in [0.1, 0.15) is 0 Å². The summed E-state index contributed by atoms with van der Waals surface area (Å²) in [6.45, 7) is 0.328. The third kappa shape index (κ3) is 2.17.